The van der Waals surface area contributed by atoms with E-state index < -0.39 is 17.0 Å². The number of alkyl halides is 3. The number of anilines is 3. The van der Waals surface area contributed by atoms with E-state index in [1.807, 2.05) is 0 Å². The SMILES string of the molecule is O=[N+]([O-])c1c(NCCCN2CCOCC2)ncnc1Nc1ccc(OC(F)(F)F)cc1. The molecule has 1 aliphatic rings. The second-order valence-corrected chi connectivity index (χ2v) is 6.61. The van der Waals surface area contributed by atoms with Crippen molar-refractivity contribution in [1.82, 2.24) is 14.9 Å². The molecule has 1 aliphatic heterocycles. The summed E-state index contributed by atoms with van der Waals surface area (Å²) in [6, 6.07) is 4.77. The lowest BCUT2D eigenvalue weighted by Gasteiger charge is -2.26. The molecule has 0 unspecified atom stereocenters. The lowest BCUT2D eigenvalue weighted by molar-refractivity contribution is -0.383. The number of aromatic nitrogens is 2. The molecule has 2 heterocycles. The summed E-state index contributed by atoms with van der Waals surface area (Å²) in [7, 11) is 0. The van der Waals surface area contributed by atoms with Gasteiger partial charge in [-0.15, -0.1) is 13.2 Å². The van der Waals surface area contributed by atoms with Crippen molar-refractivity contribution in [3.63, 3.8) is 0 Å². The van der Waals surface area contributed by atoms with Crippen LogP contribution in [-0.4, -0.2) is 65.5 Å². The first kappa shape index (κ1) is 22.5. The Morgan fingerprint density at radius 1 is 1.16 bits per heavy atom. The molecule has 0 bridgehead atoms. The normalized spacial score (nSPS) is 14.8. The quantitative estimate of drug-likeness (QED) is 0.343. The Kier molecular flexibility index (Phi) is 7.41. The number of nitrogens with zero attached hydrogens (tertiary/aromatic N) is 4. The summed E-state index contributed by atoms with van der Waals surface area (Å²) in [5.41, 5.74) is -0.0564. The van der Waals surface area contributed by atoms with Gasteiger partial charge in [0.2, 0.25) is 11.6 Å². The Balaban J connectivity index is 1.63. The van der Waals surface area contributed by atoms with Gasteiger partial charge in [0.1, 0.15) is 12.1 Å². The first-order valence-corrected chi connectivity index (χ1v) is 9.48. The van der Waals surface area contributed by atoms with Gasteiger partial charge in [-0.1, -0.05) is 0 Å². The average Bonchev–Trinajstić information content (AvgIpc) is 2.72. The molecule has 1 fully saturated rings. The highest BCUT2D eigenvalue weighted by Gasteiger charge is 2.31. The van der Waals surface area contributed by atoms with Gasteiger partial charge in [0.05, 0.1) is 18.1 Å². The molecule has 1 aromatic heterocycles. The third kappa shape index (κ3) is 6.93. The molecule has 2 N–H and O–H groups in total. The van der Waals surface area contributed by atoms with Crippen LogP contribution in [0.5, 0.6) is 5.75 Å². The minimum atomic E-state index is -4.80. The van der Waals surface area contributed by atoms with Crippen molar-refractivity contribution in [2.24, 2.45) is 0 Å². The number of hydrogen-bond acceptors (Lipinski definition) is 9. The van der Waals surface area contributed by atoms with Gasteiger partial charge in [0, 0.05) is 25.3 Å². The number of ether oxygens (including phenoxy) is 2. The molecular formula is C18H21F3N6O4. The van der Waals surface area contributed by atoms with E-state index in [-0.39, 0.29) is 17.3 Å². The van der Waals surface area contributed by atoms with Gasteiger partial charge < -0.3 is 20.1 Å². The number of nitro groups is 1. The minimum absolute atomic E-state index is 0.0569. The number of rotatable bonds is 9. The van der Waals surface area contributed by atoms with E-state index in [0.29, 0.717) is 25.4 Å². The zero-order chi connectivity index (χ0) is 22.3. The molecule has 0 radical (unpaired) electrons. The van der Waals surface area contributed by atoms with Gasteiger partial charge in [0.15, 0.2) is 0 Å². The highest BCUT2D eigenvalue weighted by atomic mass is 19.4. The summed E-state index contributed by atoms with van der Waals surface area (Å²) in [4.78, 5) is 21.1. The fourth-order valence-electron chi connectivity index (χ4n) is 2.98. The van der Waals surface area contributed by atoms with Crippen molar-refractivity contribution < 1.29 is 27.6 Å². The Morgan fingerprint density at radius 3 is 2.48 bits per heavy atom. The Morgan fingerprint density at radius 2 is 1.84 bits per heavy atom. The summed E-state index contributed by atoms with van der Waals surface area (Å²) >= 11 is 0. The summed E-state index contributed by atoms with van der Waals surface area (Å²) in [5, 5.41) is 17.3. The third-order valence-corrected chi connectivity index (χ3v) is 4.40. The highest BCUT2D eigenvalue weighted by molar-refractivity contribution is 5.73. The highest BCUT2D eigenvalue weighted by Crippen LogP contribution is 2.32. The van der Waals surface area contributed by atoms with Crippen LogP contribution >= 0.6 is 0 Å². The van der Waals surface area contributed by atoms with E-state index in [1.54, 1.807) is 0 Å². The summed E-state index contributed by atoms with van der Waals surface area (Å²) < 4.78 is 45.9. The Labute approximate surface area is 175 Å². The molecule has 0 atom stereocenters. The molecule has 0 saturated carbocycles. The monoisotopic (exact) mass is 442 g/mol. The molecule has 31 heavy (non-hydrogen) atoms. The number of morpholine rings is 1. The van der Waals surface area contributed by atoms with Crippen molar-refractivity contribution in [1.29, 1.82) is 0 Å². The predicted molar refractivity (Wildman–Crippen MR) is 105 cm³/mol. The van der Waals surface area contributed by atoms with E-state index in [9.17, 15) is 23.3 Å². The van der Waals surface area contributed by atoms with Crippen molar-refractivity contribution >= 4 is 23.0 Å². The predicted octanol–water partition coefficient (Wildman–Crippen LogP) is 3.16. The van der Waals surface area contributed by atoms with Gasteiger partial charge in [-0.05, 0) is 37.2 Å². The standard InChI is InChI=1S/C18H21F3N6O4/c19-18(20,21)31-14-4-2-13(3-5-14)25-17-15(27(28)29)16(23-12-24-17)22-6-1-7-26-8-10-30-11-9-26/h2-5,12H,1,6-11H2,(H2,22,23,24,25). The van der Waals surface area contributed by atoms with Gasteiger partial charge in [-0.2, -0.15) is 0 Å². The van der Waals surface area contributed by atoms with Crippen LogP contribution < -0.4 is 15.4 Å². The van der Waals surface area contributed by atoms with Crippen molar-refractivity contribution in [2.75, 3.05) is 50.0 Å². The third-order valence-electron chi connectivity index (χ3n) is 4.40. The fourth-order valence-corrected chi connectivity index (χ4v) is 2.98. The first-order chi connectivity index (χ1) is 14.8. The van der Waals surface area contributed by atoms with E-state index in [4.69, 9.17) is 4.74 Å². The molecular weight excluding hydrogens is 421 g/mol. The number of halogens is 3. The number of nitrogens with one attached hydrogen (secondary N) is 2. The molecule has 2 aromatic rings. The minimum Gasteiger partial charge on any atom is -0.406 e. The molecule has 1 aromatic carbocycles. The van der Waals surface area contributed by atoms with Crippen LogP contribution in [0.2, 0.25) is 0 Å². The maximum Gasteiger partial charge on any atom is 0.573 e. The molecule has 10 nitrogen and oxygen atoms in total. The molecule has 0 aliphatic carbocycles. The van der Waals surface area contributed by atoms with Crippen LogP contribution in [-0.2, 0) is 4.74 Å². The van der Waals surface area contributed by atoms with Crippen LogP contribution in [0.3, 0.4) is 0 Å². The van der Waals surface area contributed by atoms with Crippen LogP contribution in [0.25, 0.3) is 0 Å². The van der Waals surface area contributed by atoms with Gasteiger partial charge in [-0.25, -0.2) is 9.97 Å². The van der Waals surface area contributed by atoms with Crippen molar-refractivity contribution in [3.05, 3.63) is 40.7 Å². The van der Waals surface area contributed by atoms with Crippen LogP contribution in [0, 0.1) is 10.1 Å². The molecule has 3 rings (SSSR count). The second kappa shape index (κ2) is 10.2. The zero-order valence-corrected chi connectivity index (χ0v) is 16.4. The topological polar surface area (TPSA) is 115 Å². The van der Waals surface area contributed by atoms with Gasteiger partial charge in [-0.3, -0.25) is 15.0 Å². The summed E-state index contributed by atoms with van der Waals surface area (Å²) in [6.45, 7) is 4.40. The van der Waals surface area contributed by atoms with Crippen LogP contribution in [0.1, 0.15) is 6.42 Å². The maximum absolute atomic E-state index is 12.3. The van der Waals surface area contributed by atoms with E-state index >= 15 is 0 Å². The lowest BCUT2D eigenvalue weighted by Crippen LogP contribution is -2.37. The number of benzene rings is 1. The Bertz CT molecular complexity index is 876. The molecule has 0 amide bonds. The first-order valence-electron chi connectivity index (χ1n) is 9.48. The van der Waals surface area contributed by atoms with Gasteiger partial charge >= 0.3 is 12.0 Å². The molecule has 1 saturated heterocycles. The maximum atomic E-state index is 12.3. The molecule has 13 heteroatoms. The van der Waals surface area contributed by atoms with Gasteiger partial charge in [0.25, 0.3) is 0 Å². The van der Waals surface area contributed by atoms with Crippen molar-refractivity contribution in [2.45, 2.75) is 12.8 Å². The second-order valence-electron chi connectivity index (χ2n) is 6.61. The smallest absolute Gasteiger partial charge is 0.406 e. The van der Waals surface area contributed by atoms with Crippen LogP contribution in [0.15, 0.2) is 30.6 Å². The van der Waals surface area contributed by atoms with E-state index in [0.717, 1.165) is 38.2 Å². The van der Waals surface area contributed by atoms with Crippen LogP contribution in [0.4, 0.5) is 36.2 Å². The Hall–Kier alpha value is -3.19. The summed E-state index contributed by atoms with van der Waals surface area (Å²) in [5.74, 6) is -0.431. The van der Waals surface area contributed by atoms with Crippen molar-refractivity contribution in [3.8, 4) is 5.75 Å². The largest absolute Gasteiger partial charge is 0.573 e. The summed E-state index contributed by atoms with van der Waals surface area (Å²) in [6.07, 6.45) is -2.88. The van der Waals surface area contributed by atoms with E-state index in [2.05, 4.69) is 30.2 Å². The molecule has 168 valence electrons. The number of hydrogen-bond donors (Lipinski definition) is 2. The zero-order valence-electron chi connectivity index (χ0n) is 16.4. The molecule has 0 spiro atoms. The average molecular weight is 442 g/mol. The lowest BCUT2D eigenvalue weighted by atomic mass is 10.3. The van der Waals surface area contributed by atoms with E-state index in [1.165, 1.54) is 18.5 Å². The fraction of sp³-hybridized carbons (Fsp3) is 0.444.